The lowest BCUT2D eigenvalue weighted by molar-refractivity contribution is 0.103. The molecule has 1 aliphatic rings. The Labute approximate surface area is 213 Å². The Bertz CT molecular complexity index is 1760. The van der Waals surface area contributed by atoms with Gasteiger partial charge in [-0.05, 0) is 49.1 Å². The van der Waals surface area contributed by atoms with Crippen LogP contribution < -0.4 is 10.0 Å². The van der Waals surface area contributed by atoms with E-state index in [2.05, 4.69) is 20.1 Å². The predicted molar refractivity (Wildman–Crippen MR) is 131 cm³/mol. The summed E-state index contributed by atoms with van der Waals surface area (Å²) in [4.78, 5) is 22.6. The van der Waals surface area contributed by atoms with Crippen molar-refractivity contribution >= 4 is 43.9 Å². The summed E-state index contributed by atoms with van der Waals surface area (Å²) in [6.07, 6.45) is 4.50. The van der Waals surface area contributed by atoms with Crippen LogP contribution in [0.1, 0.15) is 28.8 Å². The fraction of sp³-hybridized carbons (Fsp3) is 0.160. The van der Waals surface area contributed by atoms with Crippen LogP contribution in [-0.2, 0) is 10.0 Å². The van der Waals surface area contributed by atoms with Crippen LogP contribution in [0.4, 0.5) is 34.6 Å². The van der Waals surface area contributed by atoms with Crippen LogP contribution in [0.25, 0.3) is 15.9 Å². The molecule has 1 aliphatic carbocycles. The summed E-state index contributed by atoms with van der Waals surface area (Å²) >= 11 is 0. The van der Waals surface area contributed by atoms with Gasteiger partial charge in [0.1, 0.15) is 28.0 Å². The fourth-order valence-corrected chi connectivity index (χ4v) is 5.10. The maximum Gasteiger partial charge on any atom is 0.265 e. The lowest BCUT2D eigenvalue weighted by Gasteiger charge is -2.13. The van der Waals surface area contributed by atoms with Gasteiger partial charge in [-0.1, -0.05) is 0 Å². The van der Waals surface area contributed by atoms with Crippen molar-refractivity contribution in [2.75, 3.05) is 16.6 Å². The standard InChI is InChI=1S/C25H17F4N5O3S/c1-30-18-11-33-25-20(23(18)31-9-12-2-3-12)14(10-32-25)24(35)21-16(28)6-7-17(22(21)29)34-38(36,37)19-8-13(26)4-5-15(19)27/h4-8,10-12,34H,2-3,9H2,(H2,31,32,33). The molecule has 2 aromatic carbocycles. The molecule has 2 aromatic heterocycles. The molecular formula is C25H17F4N5O3S. The second kappa shape index (κ2) is 9.46. The molecule has 0 aliphatic heterocycles. The number of sulfonamides is 1. The number of nitrogens with one attached hydrogen (secondary N) is 3. The first kappa shape index (κ1) is 25.2. The number of hydrogen-bond donors (Lipinski definition) is 3. The fourth-order valence-electron chi connectivity index (χ4n) is 3.95. The third-order valence-corrected chi connectivity index (χ3v) is 7.44. The molecule has 5 rings (SSSR count). The van der Waals surface area contributed by atoms with Gasteiger partial charge >= 0.3 is 0 Å². The Kier molecular flexibility index (Phi) is 6.28. The molecule has 0 saturated heterocycles. The zero-order chi connectivity index (χ0) is 27.2. The zero-order valence-corrected chi connectivity index (χ0v) is 20.1. The number of H-pyrrole nitrogens is 1. The third-order valence-electron chi connectivity index (χ3n) is 6.06. The predicted octanol–water partition coefficient (Wildman–Crippen LogP) is 5.52. The van der Waals surface area contributed by atoms with Crippen molar-refractivity contribution in [2.45, 2.75) is 17.7 Å². The monoisotopic (exact) mass is 543 g/mol. The Balaban J connectivity index is 1.57. The second-order valence-electron chi connectivity index (χ2n) is 8.67. The quantitative estimate of drug-likeness (QED) is 0.154. The number of aromatic nitrogens is 2. The van der Waals surface area contributed by atoms with E-state index in [1.165, 1.54) is 12.4 Å². The summed E-state index contributed by atoms with van der Waals surface area (Å²) in [6.45, 7) is 7.97. The van der Waals surface area contributed by atoms with Crippen LogP contribution >= 0.6 is 0 Å². The normalized spacial score (nSPS) is 13.3. The highest BCUT2D eigenvalue weighted by molar-refractivity contribution is 7.92. The number of pyridine rings is 1. The van der Waals surface area contributed by atoms with E-state index in [4.69, 9.17) is 6.57 Å². The maximum absolute atomic E-state index is 15.5. The molecule has 4 aromatic rings. The SMILES string of the molecule is [C-]#[N+]c1cnc2[nH]cc(C(=O)c3c(F)ccc(NS(=O)(=O)c4cc(F)ccc4F)c3F)c2c1NCC1CC1. The first-order chi connectivity index (χ1) is 18.1. The van der Waals surface area contributed by atoms with Crippen molar-refractivity contribution in [3.63, 3.8) is 0 Å². The van der Waals surface area contributed by atoms with Crippen LogP contribution in [0.15, 0.2) is 47.6 Å². The van der Waals surface area contributed by atoms with Gasteiger partial charge in [0.05, 0.1) is 29.1 Å². The van der Waals surface area contributed by atoms with Crippen molar-refractivity contribution in [3.05, 3.63) is 88.5 Å². The number of aromatic amines is 1. The number of hydrogen-bond acceptors (Lipinski definition) is 5. The third kappa shape index (κ3) is 4.54. The summed E-state index contributed by atoms with van der Waals surface area (Å²) in [5.41, 5.74) is -1.58. The zero-order valence-electron chi connectivity index (χ0n) is 19.3. The summed E-state index contributed by atoms with van der Waals surface area (Å²) in [5, 5.41) is 3.28. The van der Waals surface area contributed by atoms with Crippen LogP contribution in [0.3, 0.4) is 0 Å². The van der Waals surface area contributed by atoms with Crippen molar-refractivity contribution in [1.82, 2.24) is 9.97 Å². The number of carbonyl (C=O) groups is 1. The van der Waals surface area contributed by atoms with Gasteiger partial charge in [-0.15, -0.1) is 0 Å². The molecule has 1 fully saturated rings. The molecule has 2 heterocycles. The van der Waals surface area contributed by atoms with E-state index in [1.807, 2.05) is 0 Å². The first-order valence-corrected chi connectivity index (χ1v) is 12.7. The lowest BCUT2D eigenvalue weighted by atomic mass is 10.0. The Morgan fingerprint density at radius 3 is 2.58 bits per heavy atom. The molecule has 0 radical (unpaired) electrons. The molecule has 0 unspecified atom stereocenters. The van der Waals surface area contributed by atoms with Gasteiger partial charge in [0, 0.05) is 24.3 Å². The van der Waals surface area contributed by atoms with Gasteiger partial charge in [0.25, 0.3) is 10.0 Å². The van der Waals surface area contributed by atoms with E-state index in [1.54, 1.807) is 4.72 Å². The summed E-state index contributed by atoms with van der Waals surface area (Å²) in [6, 6.07) is 3.06. The smallest absolute Gasteiger partial charge is 0.265 e. The minimum absolute atomic E-state index is 0.103. The van der Waals surface area contributed by atoms with E-state index in [0.717, 1.165) is 12.8 Å². The average molecular weight is 544 g/mol. The maximum atomic E-state index is 15.5. The molecule has 38 heavy (non-hydrogen) atoms. The Morgan fingerprint density at radius 2 is 1.87 bits per heavy atom. The van der Waals surface area contributed by atoms with Gasteiger partial charge in [0.2, 0.25) is 11.5 Å². The average Bonchev–Trinajstić information content (AvgIpc) is 3.61. The summed E-state index contributed by atoms with van der Waals surface area (Å²) in [5.74, 6) is -5.96. The molecule has 1 saturated carbocycles. The number of ketones is 1. The minimum Gasteiger partial charge on any atom is -0.393 e. The van der Waals surface area contributed by atoms with Crippen molar-refractivity contribution in [3.8, 4) is 0 Å². The van der Waals surface area contributed by atoms with E-state index in [9.17, 15) is 26.4 Å². The molecule has 0 bridgehead atoms. The van der Waals surface area contributed by atoms with Gasteiger partial charge < -0.3 is 10.3 Å². The number of nitrogens with zero attached hydrogens (tertiary/aromatic N) is 2. The van der Waals surface area contributed by atoms with E-state index in [0.29, 0.717) is 42.8 Å². The Hall–Kier alpha value is -4.44. The number of anilines is 2. The van der Waals surface area contributed by atoms with Crippen LogP contribution in [0.5, 0.6) is 0 Å². The first-order valence-electron chi connectivity index (χ1n) is 11.2. The molecule has 0 spiro atoms. The molecule has 13 heteroatoms. The van der Waals surface area contributed by atoms with E-state index < -0.39 is 55.2 Å². The molecule has 194 valence electrons. The van der Waals surface area contributed by atoms with Gasteiger partial charge in [-0.2, -0.15) is 0 Å². The number of halogens is 4. The lowest BCUT2D eigenvalue weighted by Crippen LogP contribution is -2.18. The van der Waals surface area contributed by atoms with Crippen LogP contribution in [0, 0.1) is 35.8 Å². The van der Waals surface area contributed by atoms with Crippen LogP contribution in [-0.4, -0.2) is 30.7 Å². The Morgan fingerprint density at radius 1 is 1.13 bits per heavy atom. The number of benzene rings is 2. The number of carbonyl (C=O) groups excluding carboxylic acids is 1. The highest BCUT2D eigenvalue weighted by Crippen LogP contribution is 2.38. The van der Waals surface area contributed by atoms with Crippen LogP contribution in [0.2, 0.25) is 0 Å². The highest BCUT2D eigenvalue weighted by atomic mass is 32.2. The summed E-state index contributed by atoms with van der Waals surface area (Å²) in [7, 11) is -4.86. The second-order valence-corrected chi connectivity index (χ2v) is 10.3. The van der Waals surface area contributed by atoms with E-state index in [-0.39, 0.29) is 28.0 Å². The van der Waals surface area contributed by atoms with Crippen molar-refractivity contribution < 1.29 is 30.8 Å². The van der Waals surface area contributed by atoms with Gasteiger partial charge in [-0.3, -0.25) is 9.52 Å². The number of fused-ring (bicyclic) bond motifs is 1. The molecule has 0 atom stereocenters. The summed E-state index contributed by atoms with van der Waals surface area (Å²) < 4.78 is 84.9. The van der Waals surface area contributed by atoms with E-state index >= 15 is 4.39 Å². The molecule has 8 nitrogen and oxygen atoms in total. The molecular weight excluding hydrogens is 526 g/mol. The topological polar surface area (TPSA) is 108 Å². The van der Waals surface area contributed by atoms with Crippen molar-refractivity contribution in [1.29, 1.82) is 0 Å². The highest BCUT2D eigenvalue weighted by Gasteiger charge is 2.29. The van der Waals surface area contributed by atoms with Gasteiger partial charge in [0.15, 0.2) is 5.82 Å². The molecule has 0 amide bonds. The largest absolute Gasteiger partial charge is 0.393 e. The van der Waals surface area contributed by atoms with Crippen molar-refractivity contribution in [2.24, 2.45) is 5.92 Å². The molecule has 3 N–H and O–H groups in total. The number of rotatable bonds is 8. The minimum atomic E-state index is -4.86. The van der Waals surface area contributed by atoms with Gasteiger partial charge in [-0.25, -0.2) is 35.8 Å².